The first-order chi connectivity index (χ1) is 6.40. The number of benzene rings is 1. The summed E-state index contributed by atoms with van der Waals surface area (Å²) in [7, 11) is -1.57. The van der Waals surface area contributed by atoms with Gasteiger partial charge in [0.25, 0.3) is 0 Å². The summed E-state index contributed by atoms with van der Waals surface area (Å²) in [5.74, 6) is 0.811. The molecule has 0 aliphatic carbocycles. The lowest BCUT2D eigenvalue weighted by Crippen LogP contribution is -2.29. The van der Waals surface area contributed by atoms with E-state index in [0.717, 1.165) is 17.6 Å². The maximum atomic E-state index is 10.6. The lowest BCUT2D eigenvalue weighted by molar-refractivity contribution is 0.112. The maximum Gasteiger partial charge on any atom is 0.242 e. The summed E-state index contributed by atoms with van der Waals surface area (Å²) >= 11 is 0. The Morgan fingerprint density at radius 1 is 1.21 bits per heavy atom. The third kappa shape index (κ3) is 3.34. The largest absolute Gasteiger partial charge is 0.544 e. The van der Waals surface area contributed by atoms with Crippen LogP contribution in [-0.2, 0) is 0 Å². The van der Waals surface area contributed by atoms with Crippen LogP contribution in [0.4, 0.5) is 0 Å². The molecule has 76 valence electrons. The molecule has 0 spiro atoms. The zero-order valence-electron chi connectivity index (χ0n) is 9.13. The molecule has 1 rings (SSSR count). The lowest BCUT2D eigenvalue weighted by Gasteiger charge is -2.19. The molecule has 0 aliphatic rings. The molecule has 3 heteroatoms. The van der Waals surface area contributed by atoms with Crippen LogP contribution >= 0.6 is 0 Å². The van der Waals surface area contributed by atoms with E-state index >= 15 is 0 Å². The van der Waals surface area contributed by atoms with E-state index in [0.29, 0.717) is 5.56 Å². The second-order valence-corrected chi connectivity index (χ2v) is 8.84. The minimum absolute atomic E-state index is 0.679. The van der Waals surface area contributed by atoms with Crippen LogP contribution in [0.1, 0.15) is 15.9 Å². The Kier molecular flexibility index (Phi) is 3.11. The van der Waals surface area contributed by atoms with Gasteiger partial charge in [-0.25, -0.2) is 0 Å². The molecule has 0 aliphatic heterocycles. The number of rotatable bonds is 3. The third-order valence-corrected chi connectivity index (χ3v) is 2.48. The van der Waals surface area contributed by atoms with E-state index in [1.807, 2.05) is 19.1 Å². The predicted molar refractivity (Wildman–Crippen MR) is 60.5 cm³/mol. The quantitative estimate of drug-likeness (QED) is 0.564. The van der Waals surface area contributed by atoms with Crippen molar-refractivity contribution in [2.45, 2.75) is 26.6 Å². The number of aryl methyl sites for hydroxylation is 1. The number of hydrogen-bond donors (Lipinski definition) is 0. The second kappa shape index (κ2) is 3.96. The van der Waals surface area contributed by atoms with Crippen LogP contribution in [0.2, 0.25) is 19.6 Å². The fourth-order valence-corrected chi connectivity index (χ4v) is 2.08. The van der Waals surface area contributed by atoms with Crippen molar-refractivity contribution in [1.29, 1.82) is 0 Å². The van der Waals surface area contributed by atoms with Gasteiger partial charge in [-0.05, 0) is 50.3 Å². The number of aldehydes is 1. The van der Waals surface area contributed by atoms with Crippen LogP contribution in [0.25, 0.3) is 0 Å². The molecule has 0 fully saturated rings. The van der Waals surface area contributed by atoms with Crippen molar-refractivity contribution in [3.05, 3.63) is 29.3 Å². The predicted octanol–water partition coefficient (Wildman–Crippen LogP) is 3.02. The van der Waals surface area contributed by atoms with E-state index in [2.05, 4.69) is 19.6 Å². The molecule has 2 nitrogen and oxygen atoms in total. The fourth-order valence-electron chi connectivity index (χ4n) is 1.26. The SMILES string of the molecule is Cc1cc(C=O)cc(O[Si](C)(C)C)c1. The number of carbonyl (C=O) groups excluding carboxylic acids is 1. The van der Waals surface area contributed by atoms with Gasteiger partial charge in [0.1, 0.15) is 12.0 Å². The summed E-state index contributed by atoms with van der Waals surface area (Å²) in [6.45, 7) is 8.33. The maximum absolute atomic E-state index is 10.6. The highest BCUT2D eigenvalue weighted by Gasteiger charge is 2.16. The number of carbonyl (C=O) groups is 1. The van der Waals surface area contributed by atoms with Crippen LogP contribution in [-0.4, -0.2) is 14.6 Å². The van der Waals surface area contributed by atoms with Gasteiger partial charge in [0.2, 0.25) is 8.32 Å². The van der Waals surface area contributed by atoms with Gasteiger partial charge < -0.3 is 4.43 Å². The Balaban J connectivity index is 2.98. The molecule has 0 saturated carbocycles. The van der Waals surface area contributed by atoms with Gasteiger partial charge in [-0.2, -0.15) is 0 Å². The van der Waals surface area contributed by atoms with Gasteiger partial charge in [0.15, 0.2) is 0 Å². The van der Waals surface area contributed by atoms with Crippen LogP contribution in [0.3, 0.4) is 0 Å². The summed E-state index contributed by atoms with van der Waals surface area (Å²) in [6, 6.07) is 5.60. The van der Waals surface area contributed by atoms with Crippen molar-refractivity contribution in [3.8, 4) is 5.75 Å². The average Bonchev–Trinajstić information content (AvgIpc) is 1.99. The molecule has 0 radical (unpaired) electrons. The van der Waals surface area contributed by atoms with E-state index < -0.39 is 8.32 Å². The van der Waals surface area contributed by atoms with Crippen LogP contribution in [0, 0.1) is 6.92 Å². The molecule has 0 unspecified atom stereocenters. The Hall–Kier alpha value is -1.09. The first kappa shape index (κ1) is 11.0. The van der Waals surface area contributed by atoms with E-state index in [1.165, 1.54) is 0 Å². The molecule has 1 aromatic rings. The summed E-state index contributed by atoms with van der Waals surface area (Å²) in [6.07, 6.45) is 0.851. The van der Waals surface area contributed by atoms with E-state index in [1.54, 1.807) is 6.07 Å². The zero-order valence-corrected chi connectivity index (χ0v) is 10.1. The Labute approximate surface area is 86.0 Å². The van der Waals surface area contributed by atoms with Gasteiger partial charge in [-0.1, -0.05) is 0 Å². The third-order valence-electron chi connectivity index (χ3n) is 1.63. The lowest BCUT2D eigenvalue weighted by atomic mass is 10.1. The zero-order chi connectivity index (χ0) is 10.8. The highest BCUT2D eigenvalue weighted by molar-refractivity contribution is 6.70. The molecule has 0 bridgehead atoms. The Bertz CT molecular complexity index is 340. The number of hydrogen-bond acceptors (Lipinski definition) is 2. The standard InChI is InChI=1S/C11H16O2Si/c1-9-5-10(8-12)7-11(6-9)13-14(2,3)4/h5-8H,1-4H3. The van der Waals surface area contributed by atoms with Gasteiger partial charge >= 0.3 is 0 Å². The molecule has 0 N–H and O–H groups in total. The van der Waals surface area contributed by atoms with Crippen molar-refractivity contribution < 1.29 is 9.22 Å². The van der Waals surface area contributed by atoms with Gasteiger partial charge in [-0.15, -0.1) is 0 Å². The van der Waals surface area contributed by atoms with E-state index in [-0.39, 0.29) is 0 Å². The second-order valence-electron chi connectivity index (χ2n) is 4.41. The molecular formula is C11H16O2Si. The van der Waals surface area contributed by atoms with Crippen molar-refractivity contribution in [2.24, 2.45) is 0 Å². The van der Waals surface area contributed by atoms with Gasteiger partial charge in [0.05, 0.1) is 0 Å². The first-order valence-corrected chi connectivity index (χ1v) is 8.07. The molecule has 0 atom stereocenters. The van der Waals surface area contributed by atoms with Gasteiger partial charge in [0, 0.05) is 5.56 Å². The fraction of sp³-hybridized carbons (Fsp3) is 0.364. The smallest absolute Gasteiger partial charge is 0.242 e. The molecule has 0 heterocycles. The molecule has 14 heavy (non-hydrogen) atoms. The van der Waals surface area contributed by atoms with Crippen molar-refractivity contribution in [2.75, 3.05) is 0 Å². The van der Waals surface area contributed by atoms with E-state index in [4.69, 9.17) is 4.43 Å². The topological polar surface area (TPSA) is 26.3 Å². The molecule has 0 aromatic heterocycles. The normalized spacial score (nSPS) is 11.1. The summed E-state index contributed by atoms with van der Waals surface area (Å²) in [4.78, 5) is 10.6. The van der Waals surface area contributed by atoms with Crippen molar-refractivity contribution in [3.63, 3.8) is 0 Å². The average molecular weight is 208 g/mol. The molecule has 0 saturated heterocycles. The Morgan fingerprint density at radius 3 is 2.36 bits per heavy atom. The van der Waals surface area contributed by atoms with Crippen LogP contribution in [0.5, 0.6) is 5.75 Å². The highest BCUT2D eigenvalue weighted by atomic mass is 28.4. The van der Waals surface area contributed by atoms with E-state index in [9.17, 15) is 4.79 Å². The first-order valence-electron chi connectivity index (χ1n) is 4.66. The summed E-state index contributed by atoms with van der Waals surface area (Å²) < 4.78 is 5.80. The van der Waals surface area contributed by atoms with Crippen LogP contribution < -0.4 is 4.43 Å². The molecular weight excluding hydrogens is 192 g/mol. The minimum atomic E-state index is -1.57. The van der Waals surface area contributed by atoms with Gasteiger partial charge in [-0.3, -0.25) is 4.79 Å². The summed E-state index contributed by atoms with van der Waals surface area (Å²) in [5, 5.41) is 0. The monoisotopic (exact) mass is 208 g/mol. The minimum Gasteiger partial charge on any atom is -0.544 e. The van der Waals surface area contributed by atoms with Crippen LogP contribution in [0.15, 0.2) is 18.2 Å². The molecule has 1 aromatic carbocycles. The summed E-state index contributed by atoms with van der Waals surface area (Å²) in [5.41, 5.74) is 1.74. The van der Waals surface area contributed by atoms with Crippen molar-refractivity contribution in [1.82, 2.24) is 0 Å². The Morgan fingerprint density at radius 2 is 1.86 bits per heavy atom. The van der Waals surface area contributed by atoms with Crippen molar-refractivity contribution >= 4 is 14.6 Å². The molecule has 0 amide bonds. The highest BCUT2D eigenvalue weighted by Crippen LogP contribution is 2.19.